The summed E-state index contributed by atoms with van der Waals surface area (Å²) in [4.78, 5) is 20.9. The molecular formula is C23H14FN7. The van der Waals surface area contributed by atoms with Gasteiger partial charge in [0.05, 0.1) is 34.8 Å². The lowest BCUT2D eigenvalue weighted by atomic mass is 10.0. The fraction of sp³-hybridized carbons (Fsp3) is 0. The Kier molecular flexibility index (Phi) is 3.82. The van der Waals surface area contributed by atoms with Crippen molar-refractivity contribution in [3.63, 3.8) is 0 Å². The van der Waals surface area contributed by atoms with Gasteiger partial charge in [-0.05, 0) is 35.9 Å². The van der Waals surface area contributed by atoms with Crippen molar-refractivity contribution in [2.75, 3.05) is 0 Å². The minimum absolute atomic E-state index is 0.272. The number of H-pyrrole nitrogens is 2. The highest BCUT2D eigenvalue weighted by atomic mass is 19.1. The molecule has 6 rings (SSSR count). The first-order valence-corrected chi connectivity index (χ1v) is 9.61. The molecule has 5 aromatic heterocycles. The van der Waals surface area contributed by atoms with Crippen molar-refractivity contribution >= 4 is 21.9 Å². The molecule has 0 radical (unpaired) electrons. The summed E-state index contributed by atoms with van der Waals surface area (Å²) >= 11 is 0. The van der Waals surface area contributed by atoms with Crippen molar-refractivity contribution in [1.29, 1.82) is 0 Å². The van der Waals surface area contributed by atoms with Crippen LogP contribution in [0.2, 0.25) is 0 Å². The summed E-state index contributed by atoms with van der Waals surface area (Å²) in [7, 11) is 0. The molecule has 0 atom stereocenters. The first-order chi connectivity index (χ1) is 15.3. The Morgan fingerprint density at radius 2 is 1.71 bits per heavy atom. The van der Waals surface area contributed by atoms with E-state index in [0.717, 1.165) is 38.8 Å². The summed E-state index contributed by atoms with van der Waals surface area (Å²) in [5.74, 6) is -0.272. The molecule has 5 heterocycles. The second-order valence-corrected chi connectivity index (χ2v) is 7.09. The summed E-state index contributed by atoms with van der Waals surface area (Å²) < 4.78 is 13.4. The number of nitrogens with one attached hydrogen (secondary N) is 2. The zero-order valence-electron chi connectivity index (χ0n) is 16.0. The molecule has 2 N–H and O–H groups in total. The molecule has 0 aliphatic rings. The molecule has 7 nitrogen and oxygen atoms in total. The predicted octanol–water partition coefficient (Wildman–Crippen LogP) is 4.76. The maximum absolute atomic E-state index is 13.4. The van der Waals surface area contributed by atoms with Crippen LogP contribution in [0.25, 0.3) is 55.8 Å². The Labute approximate surface area is 175 Å². The molecule has 31 heavy (non-hydrogen) atoms. The van der Waals surface area contributed by atoms with Gasteiger partial charge in [-0.3, -0.25) is 20.1 Å². The lowest BCUT2D eigenvalue weighted by molar-refractivity contribution is 0.628. The van der Waals surface area contributed by atoms with Gasteiger partial charge in [0.15, 0.2) is 0 Å². The molecule has 0 bridgehead atoms. The van der Waals surface area contributed by atoms with Crippen molar-refractivity contribution in [2.24, 2.45) is 0 Å². The topological polar surface area (TPSA) is 96.0 Å². The number of aromatic nitrogens is 7. The third kappa shape index (κ3) is 2.93. The van der Waals surface area contributed by atoms with E-state index in [1.165, 1.54) is 12.1 Å². The van der Waals surface area contributed by atoms with Crippen molar-refractivity contribution in [3.8, 4) is 33.9 Å². The molecule has 0 saturated heterocycles. The van der Waals surface area contributed by atoms with E-state index in [-0.39, 0.29) is 5.82 Å². The van der Waals surface area contributed by atoms with Crippen LogP contribution in [0, 0.1) is 5.82 Å². The van der Waals surface area contributed by atoms with E-state index in [1.807, 2.05) is 18.2 Å². The zero-order chi connectivity index (χ0) is 20.8. The molecular weight excluding hydrogens is 393 g/mol. The van der Waals surface area contributed by atoms with Gasteiger partial charge < -0.3 is 4.98 Å². The number of nitrogens with zero attached hydrogens (tertiary/aromatic N) is 5. The lowest BCUT2D eigenvalue weighted by Crippen LogP contribution is -1.89. The molecule has 0 saturated carbocycles. The van der Waals surface area contributed by atoms with Crippen LogP contribution in [0.4, 0.5) is 4.39 Å². The first-order valence-electron chi connectivity index (χ1n) is 9.61. The average molecular weight is 407 g/mol. The summed E-state index contributed by atoms with van der Waals surface area (Å²) in [5.41, 5.74) is 7.11. The Morgan fingerprint density at radius 3 is 2.55 bits per heavy atom. The molecule has 6 aromatic rings. The number of fused-ring (bicyclic) bond motifs is 2. The fourth-order valence-electron chi connectivity index (χ4n) is 3.70. The smallest absolute Gasteiger partial charge is 0.135 e. The number of aromatic amines is 2. The molecule has 148 valence electrons. The normalized spacial score (nSPS) is 11.4. The number of hydrogen-bond acceptors (Lipinski definition) is 5. The third-order valence-electron chi connectivity index (χ3n) is 5.19. The van der Waals surface area contributed by atoms with Gasteiger partial charge in [-0.15, -0.1) is 0 Å². The highest BCUT2D eigenvalue weighted by molar-refractivity contribution is 5.99. The molecule has 1 aromatic carbocycles. The van der Waals surface area contributed by atoms with Gasteiger partial charge in [-0.25, -0.2) is 9.37 Å². The standard InChI is InChI=1S/C23H14FN7/c24-14-3-1-13(2-4-14)16-10-26-11-20-15(16)9-19(28-20)23-22-18(30-31-23)6-5-17(29-22)21-12-25-7-8-27-21/h1-12,28H,(H,30,31). The zero-order valence-corrected chi connectivity index (χ0v) is 16.0. The minimum atomic E-state index is -0.272. The number of halogens is 1. The predicted molar refractivity (Wildman–Crippen MR) is 115 cm³/mol. The van der Waals surface area contributed by atoms with Crippen LogP contribution >= 0.6 is 0 Å². The molecule has 0 fully saturated rings. The van der Waals surface area contributed by atoms with Gasteiger partial charge in [-0.2, -0.15) is 5.10 Å². The fourth-order valence-corrected chi connectivity index (χ4v) is 3.70. The minimum Gasteiger partial charge on any atom is -0.352 e. The monoisotopic (exact) mass is 407 g/mol. The van der Waals surface area contributed by atoms with Crippen LogP contribution in [0.3, 0.4) is 0 Å². The summed E-state index contributed by atoms with van der Waals surface area (Å²) in [6, 6.07) is 12.2. The van der Waals surface area contributed by atoms with Gasteiger partial charge in [-0.1, -0.05) is 12.1 Å². The average Bonchev–Trinajstić information content (AvgIpc) is 3.43. The Bertz CT molecular complexity index is 1540. The molecule has 0 unspecified atom stereocenters. The molecule has 0 amide bonds. The lowest BCUT2D eigenvalue weighted by Gasteiger charge is -2.02. The van der Waals surface area contributed by atoms with Crippen LogP contribution in [0.5, 0.6) is 0 Å². The van der Waals surface area contributed by atoms with E-state index in [1.54, 1.807) is 43.1 Å². The van der Waals surface area contributed by atoms with Crippen molar-refractivity contribution in [1.82, 2.24) is 35.1 Å². The second kappa shape index (κ2) is 6.81. The molecule has 0 aliphatic heterocycles. The SMILES string of the molecule is Fc1ccc(-c2cncc3[nH]c(-c4n[nH]c5ccc(-c6cnccn6)nc45)cc23)cc1. The Hall–Kier alpha value is -4.46. The quantitative estimate of drug-likeness (QED) is 0.441. The van der Waals surface area contributed by atoms with Gasteiger partial charge in [0, 0.05) is 29.5 Å². The van der Waals surface area contributed by atoms with E-state index in [2.05, 4.69) is 30.1 Å². The van der Waals surface area contributed by atoms with E-state index in [0.29, 0.717) is 17.1 Å². The summed E-state index contributed by atoms with van der Waals surface area (Å²) in [5, 5.41) is 8.49. The molecule has 8 heteroatoms. The van der Waals surface area contributed by atoms with Crippen LogP contribution in [0.15, 0.2) is 73.4 Å². The van der Waals surface area contributed by atoms with E-state index in [4.69, 9.17) is 4.98 Å². The molecule has 0 aliphatic carbocycles. The number of pyridine rings is 2. The van der Waals surface area contributed by atoms with Crippen LogP contribution in [-0.2, 0) is 0 Å². The van der Waals surface area contributed by atoms with Crippen LogP contribution in [-0.4, -0.2) is 35.1 Å². The summed E-state index contributed by atoms with van der Waals surface area (Å²) in [6.07, 6.45) is 8.48. The largest absolute Gasteiger partial charge is 0.352 e. The number of benzene rings is 1. The van der Waals surface area contributed by atoms with Crippen molar-refractivity contribution < 1.29 is 4.39 Å². The van der Waals surface area contributed by atoms with Gasteiger partial charge in [0.25, 0.3) is 0 Å². The highest BCUT2D eigenvalue weighted by Gasteiger charge is 2.16. The van der Waals surface area contributed by atoms with Crippen LogP contribution in [0.1, 0.15) is 0 Å². The molecule has 0 spiro atoms. The highest BCUT2D eigenvalue weighted by Crippen LogP contribution is 2.33. The second-order valence-electron chi connectivity index (χ2n) is 7.09. The van der Waals surface area contributed by atoms with Gasteiger partial charge in [0.1, 0.15) is 22.7 Å². The maximum Gasteiger partial charge on any atom is 0.135 e. The maximum atomic E-state index is 13.4. The number of rotatable bonds is 3. The van der Waals surface area contributed by atoms with E-state index < -0.39 is 0 Å². The van der Waals surface area contributed by atoms with Gasteiger partial charge in [0.2, 0.25) is 0 Å². The van der Waals surface area contributed by atoms with Gasteiger partial charge >= 0.3 is 0 Å². The number of hydrogen-bond donors (Lipinski definition) is 2. The van der Waals surface area contributed by atoms with E-state index in [9.17, 15) is 4.39 Å². The van der Waals surface area contributed by atoms with Crippen molar-refractivity contribution in [3.05, 3.63) is 79.3 Å². The first kappa shape index (κ1) is 17.4. The van der Waals surface area contributed by atoms with Crippen LogP contribution < -0.4 is 0 Å². The summed E-state index contributed by atoms with van der Waals surface area (Å²) in [6.45, 7) is 0. The Balaban J connectivity index is 1.51. The Morgan fingerprint density at radius 1 is 0.806 bits per heavy atom. The van der Waals surface area contributed by atoms with E-state index >= 15 is 0 Å². The van der Waals surface area contributed by atoms with Crippen molar-refractivity contribution in [2.45, 2.75) is 0 Å². The third-order valence-corrected chi connectivity index (χ3v) is 5.19.